The highest BCUT2D eigenvalue weighted by Crippen LogP contribution is 2.41. The van der Waals surface area contributed by atoms with E-state index in [0.717, 1.165) is 0 Å². The van der Waals surface area contributed by atoms with Crippen LogP contribution in [-0.2, 0) is 4.74 Å². The standard InChI is InChI=1S/C8H10F5O/c1-3-6(4-5-14-2)7(9,10)8(11,12)13/h4H,2-3,5H2,1H3. The molecule has 0 heterocycles. The molecule has 0 fully saturated rings. The van der Waals surface area contributed by atoms with Crippen LogP contribution in [0.2, 0.25) is 0 Å². The largest absolute Gasteiger partial charge is 0.457 e. The van der Waals surface area contributed by atoms with Gasteiger partial charge in [0.2, 0.25) is 0 Å². The van der Waals surface area contributed by atoms with Crippen LogP contribution in [0.1, 0.15) is 13.3 Å². The van der Waals surface area contributed by atoms with Gasteiger partial charge < -0.3 is 4.74 Å². The summed E-state index contributed by atoms with van der Waals surface area (Å²) in [5, 5.41) is 0. The number of halogens is 5. The van der Waals surface area contributed by atoms with Crippen molar-refractivity contribution in [3.8, 4) is 0 Å². The van der Waals surface area contributed by atoms with Crippen molar-refractivity contribution >= 4 is 0 Å². The normalized spacial score (nSPS) is 14.6. The van der Waals surface area contributed by atoms with Crippen molar-refractivity contribution in [1.29, 1.82) is 0 Å². The molecule has 0 N–H and O–H groups in total. The summed E-state index contributed by atoms with van der Waals surface area (Å²) in [6.45, 7) is 0.851. The van der Waals surface area contributed by atoms with Gasteiger partial charge >= 0.3 is 12.1 Å². The SMILES string of the molecule is [CH2]OCC=C(CC)C(F)(F)C(F)(F)F. The first kappa shape index (κ1) is 13.4. The Balaban J connectivity index is 4.84. The number of ether oxygens (including phenoxy) is 1. The fourth-order valence-electron chi connectivity index (χ4n) is 0.836. The quantitative estimate of drug-likeness (QED) is 0.518. The zero-order valence-electron chi connectivity index (χ0n) is 7.50. The lowest BCUT2D eigenvalue weighted by atomic mass is 10.1. The summed E-state index contributed by atoms with van der Waals surface area (Å²) < 4.78 is 65.0. The zero-order chi connectivity index (χ0) is 11.4. The van der Waals surface area contributed by atoms with Crippen LogP contribution in [0.3, 0.4) is 0 Å². The Morgan fingerprint density at radius 1 is 1.29 bits per heavy atom. The smallest absolute Gasteiger partial charge is 0.375 e. The molecule has 0 saturated carbocycles. The fourth-order valence-corrected chi connectivity index (χ4v) is 0.836. The lowest BCUT2D eigenvalue weighted by Crippen LogP contribution is -2.38. The molecule has 0 amide bonds. The van der Waals surface area contributed by atoms with Crippen molar-refractivity contribution in [3.63, 3.8) is 0 Å². The molecule has 0 unspecified atom stereocenters. The van der Waals surface area contributed by atoms with Crippen LogP contribution < -0.4 is 0 Å². The average molecular weight is 217 g/mol. The van der Waals surface area contributed by atoms with Crippen LogP contribution in [0.5, 0.6) is 0 Å². The molecule has 0 bridgehead atoms. The second kappa shape index (κ2) is 4.72. The van der Waals surface area contributed by atoms with E-state index in [1.807, 2.05) is 0 Å². The number of alkyl halides is 5. The lowest BCUT2D eigenvalue weighted by molar-refractivity contribution is -0.265. The van der Waals surface area contributed by atoms with Gasteiger partial charge in [0, 0.05) is 5.57 Å². The Morgan fingerprint density at radius 2 is 1.79 bits per heavy atom. The predicted molar refractivity (Wildman–Crippen MR) is 40.7 cm³/mol. The Morgan fingerprint density at radius 3 is 2.07 bits per heavy atom. The summed E-state index contributed by atoms with van der Waals surface area (Å²) in [7, 11) is 2.87. The van der Waals surface area contributed by atoms with E-state index in [1.54, 1.807) is 0 Å². The topological polar surface area (TPSA) is 9.23 Å². The second-order valence-corrected chi connectivity index (χ2v) is 2.53. The van der Waals surface area contributed by atoms with Gasteiger partial charge in [-0.05, 0) is 6.42 Å². The number of allylic oxidation sites excluding steroid dienone is 1. The highest BCUT2D eigenvalue weighted by atomic mass is 19.4. The molecule has 0 aromatic rings. The van der Waals surface area contributed by atoms with E-state index >= 15 is 0 Å². The molecule has 83 valence electrons. The Labute approximate surface area is 78.5 Å². The maximum absolute atomic E-state index is 12.6. The minimum Gasteiger partial charge on any atom is -0.375 e. The van der Waals surface area contributed by atoms with Gasteiger partial charge in [-0.1, -0.05) is 13.0 Å². The first-order chi connectivity index (χ1) is 6.27. The maximum Gasteiger partial charge on any atom is 0.457 e. The number of rotatable bonds is 4. The minimum atomic E-state index is -5.56. The van der Waals surface area contributed by atoms with Crippen molar-refractivity contribution in [2.45, 2.75) is 25.4 Å². The summed E-state index contributed by atoms with van der Waals surface area (Å²) in [6, 6.07) is 0. The number of hydrogen-bond donors (Lipinski definition) is 0. The van der Waals surface area contributed by atoms with Gasteiger partial charge in [-0.2, -0.15) is 22.0 Å². The maximum atomic E-state index is 12.6. The highest BCUT2D eigenvalue weighted by Gasteiger charge is 2.59. The lowest BCUT2D eigenvalue weighted by Gasteiger charge is -2.21. The van der Waals surface area contributed by atoms with Crippen LogP contribution in [0, 0.1) is 7.11 Å². The van der Waals surface area contributed by atoms with Gasteiger partial charge in [0.05, 0.1) is 13.7 Å². The average Bonchev–Trinajstić information content (AvgIpc) is 2.03. The minimum absolute atomic E-state index is 0.366. The van der Waals surface area contributed by atoms with Crippen molar-refractivity contribution in [2.24, 2.45) is 0 Å². The summed E-state index contributed by atoms with van der Waals surface area (Å²) >= 11 is 0. The molecule has 0 atom stereocenters. The van der Waals surface area contributed by atoms with E-state index in [0.29, 0.717) is 6.08 Å². The molecule has 14 heavy (non-hydrogen) atoms. The molecule has 1 nitrogen and oxygen atoms in total. The second-order valence-electron chi connectivity index (χ2n) is 2.53. The van der Waals surface area contributed by atoms with Gasteiger partial charge in [-0.15, -0.1) is 0 Å². The van der Waals surface area contributed by atoms with Gasteiger partial charge in [-0.3, -0.25) is 0 Å². The Hall–Kier alpha value is -0.650. The molecule has 0 aromatic heterocycles. The molecule has 6 heteroatoms. The number of hydrogen-bond acceptors (Lipinski definition) is 1. The summed E-state index contributed by atoms with van der Waals surface area (Å²) in [4.78, 5) is 0. The summed E-state index contributed by atoms with van der Waals surface area (Å²) in [5.41, 5.74) is -1.01. The van der Waals surface area contributed by atoms with Crippen LogP contribution in [-0.4, -0.2) is 18.7 Å². The van der Waals surface area contributed by atoms with Crippen LogP contribution in [0.25, 0.3) is 0 Å². The van der Waals surface area contributed by atoms with E-state index in [9.17, 15) is 22.0 Å². The first-order valence-electron chi connectivity index (χ1n) is 3.78. The molecule has 0 aromatic carbocycles. The van der Waals surface area contributed by atoms with Gasteiger partial charge in [0.25, 0.3) is 0 Å². The molecular weight excluding hydrogens is 207 g/mol. The Kier molecular flexibility index (Phi) is 4.51. The van der Waals surface area contributed by atoms with Gasteiger partial charge in [0.15, 0.2) is 0 Å². The van der Waals surface area contributed by atoms with Gasteiger partial charge in [0.1, 0.15) is 0 Å². The third kappa shape index (κ3) is 2.94. The van der Waals surface area contributed by atoms with Crippen LogP contribution in [0.15, 0.2) is 11.6 Å². The molecule has 0 spiro atoms. The van der Waals surface area contributed by atoms with Crippen molar-refractivity contribution in [2.75, 3.05) is 6.61 Å². The third-order valence-electron chi connectivity index (χ3n) is 1.59. The fraction of sp³-hybridized carbons (Fsp3) is 0.625. The molecule has 0 aliphatic heterocycles. The van der Waals surface area contributed by atoms with Crippen molar-refractivity contribution in [1.82, 2.24) is 0 Å². The molecule has 1 radical (unpaired) electrons. The van der Waals surface area contributed by atoms with Gasteiger partial charge in [-0.25, -0.2) is 0 Å². The molecule has 0 saturated heterocycles. The molecule has 0 aliphatic rings. The van der Waals surface area contributed by atoms with E-state index in [4.69, 9.17) is 0 Å². The molecular formula is C8H10F5O. The van der Waals surface area contributed by atoms with Crippen molar-refractivity contribution < 1.29 is 26.7 Å². The van der Waals surface area contributed by atoms with Crippen molar-refractivity contribution in [3.05, 3.63) is 18.8 Å². The summed E-state index contributed by atoms with van der Waals surface area (Å²) in [5.74, 6) is -4.79. The van der Waals surface area contributed by atoms with E-state index in [1.165, 1.54) is 6.92 Å². The zero-order valence-corrected chi connectivity index (χ0v) is 7.50. The van der Waals surface area contributed by atoms with E-state index < -0.39 is 24.1 Å². The Bertz CT molecular complexity index is 206. The van der Waals surface area contributed by atoms with Crippen LogP contribution in [0.4, 0.5) is 22.0 Å². The molecule has 0 aliphatic carbocycles. The van der Waals surface area contributed by atoms with E-state index in [2.05, 4.69) is 11.8 Å². The molecule has 0 rings (SSSR count). The van der Waals surface area contributed by atoms with Crippen LogP contribution >= 0.6 is 0 Å². The third-order valence-corrected chi connectivity index (χ3v) is 1.59. The highest BCUT2D eigenvalue weighted by molar-refractivity contribution is 5.15. The first-order valence-corrected chi connectivity index (χ1v) is 3.78. The summed E-state index contributed by atoms with van der Waals surface area (Å²) in [6.07, 6.45) is -5.26. The predicted octanol–water partition coefficient (Wildman–Crippen LogP) is 3.33. The van der Waals surface area contributed by atoms with E-state index in [-0.39, 0.29) is 6.61 Å². The monoisotopic (exact) mass is 217 g/mol.